The van der Waals surface area contributed by atoms with Gasteiger partial charge in [-0.15, -0.1) is 0 Å². The van der Waals surface area contributed by atoms with E-state index in [2.05, 4.69) is 15.2 Å². The van der Waals surface area contributed by atoms with E-state index < -0.39 is 10.0 Å². The van der Waals surface area contributed by atoms with Crippen molar-refractivity contribution in [3.63, 3.8) is 0 Å². The van der Waals surface area contributed by atoms with E-state index in [1.54, 1.807) is 17.8 Å². The number of hydrogen-bond acceptors (Lipinski definition) is 6. The minimum atomic E-state index is -3.58. The van der Waals surface area contributed by atoms with Crippen LogP contribution in [0.15, 0.2) is 35.4 Å². The van der Waals surface area contributed by atoms with Crippen LogP contribution in [0.25, 0.3) is 0 Å². The van der Waals surface area contributed by atoms with Gasteiger partial charge in [-0.25, -0.2) is 12.8 Å². The number of sulfonamides is 1. The Hall–Kier alpha value is -2.08. The van der Waals surface area contributed by atoms with E-state index in [-0.39, 0.29) is 34.1 Å². The third kappa shape index (κ3) is 5.71. The Morgan fingerprint density at radius 1 is 1.21 bits per heavy atom. The maximum atomic E-state index is 13.9. The lowest BCUT2D eigenvalue weighted by molar-refractivity contribution is 0.0904. The predicted octanol–water partition coefficient (Wildman–Crippen LogP) is 2.29. The molecule has 4 rings (SSSR count). The maximum Gasteiger partial charge on any atom is 0.267 e. The largest absolute Gasteiger partial charge is 0.494 e. The number of aromatic nitrogens is 1. The minimum absolute atomic E-state index is 0.00355. The number of H-pyrrole nitrogens is 1. The third-order valence-electron chi connectivity index (χ3n) is 6.05. The topological polar surface area (TPSA) is 94.7 Å². The lowest BCUT2D eigenvalue weighted by atomic mass is 10.0. The van der Waals surface area contributed by atoms with Crippen molar-refractivity contribution >= 4 is 27.7 Å². The molecule has 2 N–H and O–H groups in total. The molecule has 0 radical (unpaired) electrons. The molecule has 2 aliphatic rings. The highest BCUT2D eigenvalue weighted by molar-refractivity contribution is 7.99. The molecule has 0 unspecified atom stereocenters. The second-order valence-corrected chi connectivity index (χ2v) is 11.4. The highest BCUT2D eigenvalue weighted by Gasteiger charge is 2.28. The van der Waals surface area contributed by atoms with Crippen molar-refractivity contribution in [2.45, 2.75) is 30.3 Å². The summed E-state index contributed by atoms with van der Waals surface area (Å²) in [5.41, 5.74) is 1.12. The highest BCUT2D eigenvalue weighted by atomic mass is 32.2. The Morgan fingerprint density at radius 3 is 2.61 bits per heavy atom. The van der Waals surface area contributed by atoms with E-state index in [1.807, 2.05) is 6.07 Å². The average Bonchev–Trinajstić information content (AvgIpc) is 3.33. The number of likely N-dealkylation sites (tertiary alicyclic amines) is 1. The Kier molecular flexibility index (Phi) is 7.62. The number of nitrogens with zero attached hydrogens (tertiary/aromatic N) is 2. The molecule has 11 heteroatoms. The van der Waals surface area contributed by atoms with Gasteiger partial charge in [0.1, 0.15) is 10.6 Å². The fourth-order valence-corrected chi connectivity index (χ4v) is 6.73. The van der Waals surface area contributed by atoms with E-state index in [4.69, 9.17) is 4.74 Å². The molecule has 2 aliphatic heterocycles. The van der Waals surface area contributed by atoms with Gasteiger partial charge in [-0.05, 0) is 36.6 Å². The van der Waals surface area contributed by atoms with Crippen molar-refractivity contribution in [3.8, 4) is 5.75 Å². The first kappa shape index (κ1) is 24.1. The number of ether oxygens (including phenoxy) is 1. The molecule has 0 bridgehead atoms. The maximum absolute atomic E-state index is 13.9. The summed E-state index contributed by atoms with van der Waals surface area (Å²) in [4.78, 5) is 17.8. The van der Waals surface area contributed by atoms with Crippen LogP contribution in [0.3, 0.4) is 0 Å². The number of benzene rings is 1. The number of nitrogens with one attached hydrogen (secondary N) is 2. The molecule has 0 atom stereocenters. The Labute approximate surface area is 197 Å². The van der Waals surface area contributed by atoms with Gasteiger partial charge in [-0.2, -0.15) is 16.1 Å². The zero-order valence-corrected chi connectivity index (χ0v) is 20.2. The van der Waals surface area contributed by atoms with E-state index in [0.717, 1.165) is 43.0 Å². The highest BCUT2D eigenvalue weighted by Crippen LogP contribution is 2.22. The predicted molar refractivity (Wildman–Crippen MR) is 126 cm³/mol. The van der Waals surface area contributed by atoms with Gasteiger partial charge in [-0.3, -0.25) is 9.69 Å². The van der Waals surface area contributed by atoms with Crippen LogP contribution < -0.4 is 10.1 Å². The fourth-order valence-electron chi connectivity index (χ4n) is 4.16. The van der Waals surface area contributed by atoms with E-state index >= 15 is 0 Å². The van der Waals surface area contributed by atoms with Crippen LogP contribution >= 0.6 is 11.8 Å². The zero-order valence-electron chi connectivity index (χ0n) is 18.5. The van der Waals surface area contributed by atoms with Crippen LogP contribution in [-0.4, -0.2) is 79.4 Å². The molecule has 0 saturated carbocycles. The first-order valence-corrected chi connectivity index (χ1v) is 13.6. The quantitative estimate of drug-likeness (QED) is 0.611. The van der Waals surface area contributed by atoms with Crippen LogP contribution in [-0.2, 0) is 16.6 Å². The number of hydrogen-bond donors (Lipinski definition) is 2. The summed E-state index contributed by atoms with van der Waals surface area (Å²) >= 11 is 1.74. The summed E-state index contributed by atoms with van der Waals surface area (Å²) in [5, 5.41) is 3.00. The number of carbonyl (C=O) groups is 1. The van der Waals surface area contributed by atoms with Crippen molar-refractivity contribution in [1.29, 1.82) is 0 Å². The second-order valence-electron chi connectivity index (χ2n) is 8.26. The summed E-state index contributed by atoms with van der Waals surface area (Å²) in [6.07, 6.45) is 2.92. The van der Waals surface area contributed by atoms with Gasteiger partial charge in [0.2, 0.25) is 10.0 Å². The van der Waals surface area contributed by atoms with Crippen LogP contribution in [0.5, 0.6) is 5.75 Å². The molecular formula is C22H29FN4O4S2. The van der Waals surface area contributed by atoms with Crippen LogP contribution in [0.1, 0.15) is 28.9 Å². The van der Waals surface area contributed by atoms with Gasteiger partial charge in [0.15, 0.2) is 11.6 Å². The average molecular weight is 497 g/mol. The number of piperidine rings is 1. The first-order chi connectivity index (χ1) is 15.9. The molecule has 2 saturated heterocycles. The molecule has 1 aromatic carbocycles. The Balaban J connectivity index is 1.28. The second kappa shape index (κ2) is 10.5. The minimum Gasteiger partial charge on any atom is -0.494 e. The number of rotatable bonds is 7. The molecule has 180 valence electrons. The number of thioether (sulfide) groups is 1. The monoisotopic (exact) mass is 496 g/mol. The van der Waals surface area contributed by atoms with Crippen molar-refractivity contribution in [3.05, 3.63) is 47.5 Å². The molecule has 0 spiro atoms. The molecule has 0 aliphatic carbocycles. The van der Waals surface area contributed by atoms with Crippen LogP contribution in [0.4, 0.5) is 4.39 Å². The smallest absolute Gasteiger partial charge is 0.267 e. The van der Waals surface area contributed by atoms with Gasteiger partial charge < -0.3 is 15.0 Å². The number of methoxy groups -OCH3 is 1. The Bertz CT molecular complexity index is 1080. The zero-order chi connectivity index (χ0) is 23.4. The lowest BCUT2D eigenvalue weighted by Gasteiger charge is -2.32. The summed E-state index contributed by atoms with van der Waals surface area (Å²) in [6, 6.07) is 6.40. The molecule has 33 heavy (non-hydrogen) atoms. The van der Waals surface area contributed by atoms with Crippen molar-refractivity contribution in [2.24, 2.45) is 0 Å². The molecule has 1 aromatic heterocycles. The third-order valence-corrected chi connectivity index (χ3v) is 8.87. The number of amides is 1. The first-order valence-electron chi connectivity index (χ1n) is 11.0. The standard InChI is InChI=1S/C22H29FN4O4S2/c1-31-21-3-2-16(12-19(21)23)15-26-6-4-17(5-7-26)25-22(28)20-13-18(14-24-20)33(29,30)27-8-10-32-11-9-27/h2-3,12-14,17,24H,4-11,15H2,1H3,(H,25,28). The van der Waals surface area contributed by atoms with Crippen molar-refractivity contribution < 1.29 is 22.3 Å². The SMILES string of the molecule is COc1ccc(CN2CCC(NC(=O)c3cc(S(=O)(=O)N4CCSCC4)c[nH]3)CC2)cc1F. The molecule has 8 nitrogen and oxygen atoms in total. The van der Waals surface area contributed by atoms with Gasteiger partial charge in [-0.1, -0.05) is 6.07 Å². The number of aromatic amines is 1. The van der Waals surface area contributed by atoms with Gasteiger partial charge >= 0.3 is 0 Å². The number of halogens is 1. The van der Waals surface area contributed by atoms with Crippen molar-refractivity contribution in [2.75, 3.05) is 44.8 Å². The van der Waals surface area contributed by atoms with Gasteiger partial charge in [0.05, 0.1) is 7.11 Å². The van der Waals surface area contributed by atoms with Gasteiger partial charge in [0.25, 0.3) is 5.91 Å². The molecule has 2 aromatic rings. The van der Waals surface area contributed by atoms with Crippen LogP contribution in [0, 0.1) is 5.82 Å². The van der Waals surface area contributed by atoms with E-state index in [1.165, 1.54) is 29.7 Å². The summed E-state index contributed by atoms with van der Waals surface area (Å²) in [6.45, 7) is 3.16. The normalized spacial score (nSPS) is 18.8. The van der Waals surface area contributed by atoms with Gasteiger partial charge in [0, 0.05) is 56.5 Å². The molecule has 2 fully saturated rings. The van der Waals surface area contributed by atoms with E-state index in [0.29, 0.717) is 19.6 Å². The summed E-state index contributed by atoms with van der Waals surface area (Å²) in [5.74, 6) is 1.12. The van der Waals surface area contributed by atoms with Crippen LogP contribution in [0.2, 0.25) is 0 Å². The molecule has 3 heterocycles. The molecular weight excluding hydrogens is 467 g/mol. The van der Waals surface area contributed by atoms with E-state index in [9.17, 15) is 17.6 Å². The lowest BCUT2D eigenvalue weighted by Crippen LogP contribution is -2.44. The Morgan fingerprint density at radius 2 is 1.94 bits per heavy atom. The number of carbonyl (C=O) groups excluding carboxylic acids is 1. The summed E-state index contributed by atoms with van der Waals surface area (Å²) < 4.78 is 45.9. The molecule has 1 amide bonds. The fraction of sp³-hybridized carbons (Fsp3) is 0.500. The summed E-state index contributed by atoms with van der Waals surface area (Å²) in [7, 11) is -2.14. The van der Waals surface area contributed by atoms with Crippen molar-refractivity contribution in [1.82, 2.24) is 19.5 Å².